The van der Waals surface area contributed by atoms with Crippen molar-refractivity contribution in [3.8, 4) is 0 Å². The van der Waals surface area contributed by atoms with Crippen LogP contribution in [0.2, 0.25) is 0 Å². The van der Waals surface area contributed by atoms with Gasteiger partial charge in [0.1, 0.15) is 0 Å². The first-order chi connectivity index (χ1) is 9.62. The van der Waals surface area contributed by atoms with Gasteiger partial charge in [-0.25, -0.2) is 8.42 Å². The fraction of sp³-hybridized carbons (Fsp3) is 0.200. The van der Waals surface area contributed by atoms with E-state index >= 15 is 0 Å². The Morgan fingerprint density at radius 1 is 1.00 bits per heavy atom. The van der Waals surface area contributed by atoms with Crippen molar-refractivity contribution in [2.75, 3.05) is 18.3 Å². The molecule has 0 heterocycles. The van der Waals surface area contributed by atoms with Gasteiger partial charge in [0.15, 0.2) is 0 Å². The molecule has 0 aliphatic heterocycles. The highest BCUT2D eigenvalue weighted by Gasteiger charge is 2.13. The number of likely N-dealkylation sites (N-methyl/N-ethyl adjacent to an activating group) is 1. The van der Waals surface area contributed by atoms with E-state index in [4.69, 9.17) is 0 Å². The monoisotopic (exact) mass is 326 g/mol. The van der Waals surface area contributed by atoms with E-state index < -0.39 is 10.0 Å². The maximum atomic E-state index is 12.2. The summed E-state index contributed by atoms with van der Waals surface area (Å²) in [7, 11) is -1.63. The summed E-state index contributed by atoms with van der Waals surface area (Å²) >= 11 is 0. The number of anilines is 1. The third kappa shape index (κ3) is 5.04. The molecule has 2 aromatic carbocycles. The van der Waals surface area contributed by atoms with Crippen molar-refractivity contribution in [1.29, 1.82) is 0 Å². The lowest BCUT2D eigenvalue weighted by Gasteiger charge is -2.09. The Morgan fingerprint density at radius 2 is 1.71 bits per heavy atom. The number of rotatable bonds is 6. The molecule has 114 valence electrons. The van der Waals surface area contributed by atoms with Crippen molar-refractivity contribution in [2.24, 2.45) is 0 Å². The zero-order valence-electron chi connectivity index (χ0n) is 11.7. The van der Waals surface area contributed by atoms with Crippen molar-refractivity contribution in [2.45, 2.75) is 11.3 Å². The second kappa shape index (κ2) is 8.02. The Bertz CT molecular complexity index is 660. The third-order valence-corrected chi connectivity index (χ3v) is 4.29. The van der Waals surface area contributed by atoms with Gasteiger partial charge in [-0.15, -0.1) is 12.4 Å². The van der Waals surface area contributed by atoms with Gasteiger partial charge < -0.3 is 5.32 Å². The van der Waals surface area contributed by atoms with Crippen molar-refractivity contribution >= 4 is 28.1 Å². The summed E-state index contributed by atoms with van der Waals surface area (Å²) in [5.74, 6) is 0. The van der Waals surface area contributed by atoms with E-state index in [2.05, 4.69) is 10.0 Å². The molecule has 0 fully saturated rings. The third-order valence-electron chi connectivity index (χ3n) is 2.90. The largest absolute Gasteiger partial charge is 0.319 e. The number of halogens is 1. The zero-order chi connectivity index (χ0) is 14.4. The zero-order valence-corrected chi connectivity index (χ0v) is 13.4. The molecule has 0 unspecified atom stereocenters. The van der Waals surface area contributed by atoms with Crippen LogP contribution in [0.3, 0.4) is 0 Å². The highest BCUT2D eigenvalue weighted by Crippen LogP contribution is 2.17. The lowest BCUT2D eigenvalue weighted by molar-refractivity contribution is 0.601. The van der Waals surface area contributed by atoms with E-state index in [9.17, 15) is 8.42 Å². The topological polar surface area (TPSA) is 58.2 Å². The van der Waals surface area contributed by atoms with E-state index in [0.717, 1.165) is 18.5 Å². The first kappa shape index (κ1) is 17.5. The summed E-state index contributed by atoms with van der Waals surface area (Å²) in [4.78, 5) is 0.264. The molecule has 0 saturated heterocycles. The molecule has 2 rings (SSSR count). The van der Waals surface area contributed by atoms with Crippen LogP contribution in [0.1, 0.15) is 5.56 Å². The molecule has 0 aromatic heterocycles. The van der Waals surface area contributed by atoms with Gasteiger partial charge in [0, 0.05) is 5.69 Å². The summed E-state index contributed by atoms with van der Waals surface area (Å²) in [6.07, 6.45) is 0.859. The van der Waals surface area contributed by atoms with Gasteiger partial charge in [0.05, 0.1) is 4.90 Å². The predicted molar refractivity (Wildman–Crippen MR) is 88.6 cm³/mol. The number of benzene rings is 2. The fourth-order valence-corrected chi connectivity index (χ4v) is 2.94. The quantitative estimate of drug-likeness (QED) is 0.858. The molecule has 0 atom stereocenters. The van der Waals surface area contributed by atoms with Crippen molar-refractivity contribution in [3.63, 3.8) is 0 Å². The Kier molecular flexibility index (Phi) is 6.68. The number of sulfonamides is 1. The van der Waals surface area contributed by atoms with Gasteiger partial charge in [0.25, 0.3) is 10.0 Å². The smallest absolute Gasteiger partial charge is 0.261 e. The molecule has 0 saturated carbocycles. The summed E-state index contributed by atoms with van der Waals surface area (Å²) in [6.45, 7) is 0.856. The SMILES string of the molecule is CNCCc1cccc(NS(=O)(=O)c2ccccc2)c1.Cl. The molecule has 0 spiro atoms. The molecule has 2 N–H and O–H groups in total. The molecule has 0 aliphatic carbocycles. The normalized spacial score (nSPS) is 10.7. The van der Waals surface area contributed by atoms with Crippen LogP contribution in [0.4, 0.5) is 5.69 Å². The van der Waals surface area contributed by atoms with Crippen LogP contribution in [-0.2, 0) is 16.4 Å². The van der Waals surface area contributed by atoms with Crippen molar-refractivity contribution in [1.82, 2.24) is 5.32 Å². The van der Waals surface area contributed by atoms with Crippen LogP contribution < -0.4 is 10.0 Å². The maximum Gasteiger partial charge on any atom is 0.261 e. The molecule has 0 radical (unpaired) electrons. The lowest BCUT2D eigenvalue weighted by atomic mass is 10.1. The molecular weight excluding hydrogens is 308 g/mol. The minimum atomic E-state index is -3.52. The second-order valence-electron chi connectivity index (χ2n) is 4.47. The first-order valence-electron chi connectivity index (χ1n) is 6.43. The highest BCUT2D eigenvalue weighted by atomic mass is 35.5. The molecule has 4 nitrogen and oxygen atoms in total. The number of hydrogen-bond donors (Lipinski definition) is 2. The summed E-state index contributed by atoms with van der Waals surface area (Å²) in [6, 6.07) is 15.8. The van der Waals surface area contributed by atoms with E-state index in [0.29, 0.717) is 5.69 Å². The first-order valence-corrected chi connectivity index (χ1v) is 7.91. The van der Waals surface area contributed by atoms with Crippen molar-refractivity contribution < 1.29 is 8.42 Å². The lowest BCUT2D eigenvalue weighted by Crippen LogP contribution is -2.13. The Morgan fingerprint density at radius 3 is 2.38 bits per heavy atom. The number of nitrogens with one attached hydrogen (secondary N) is 2. The van der Waals surface area contributed by atoms with Gasteiger partial charge in [-0.3, -0.25) is 4.72 Å². The highest BCUT2D eigenvalue weighted by molar-refractivity contribution is 7.92. The summed E-state index contributed by atoms with van der Waals surface area (Å²) in [5.41, 5.74) is 1.68. The van der Waals surface area contributed by atoms with Crippen LogP contribution in [-0.4, -0.2) is 22.0 Å². The van der Waals surface area contributed by atoms with Gasteiger partial charge in [-0.05, 0) is 49.8 Å². The molecule has 6 heteroatoms. The standard InChI is InChI=1S/C15H18N2O2S.ClH/c1-16-11-10-13-6-5-7-14(12-13)17-20(18,19)15-8-3-2-4-9-15;/h2-9,12,16-17H,10-11H2,1H3;1H. The molecule has 0 aliphatic rings. The Hall–Kier alpha value is -1.56. The van der Waals surface area contributed by atoms with Crippen LogP contribution in [0.25, 0.3) is 0 Å². The fourth-order valence-electron chi connectivity index (χ4n) is 1.87. The average Bonchev–Trinajstić information content (AvgIpc) is 2.46. The molecule has 2 aromatic rings. The Balaban J connectivity index is 0.00000220. The Labute approximate surface area is 132 Å². The molecular formula is C15H19ClN2O2S. The molecule has 0 amide bonds. The van der Waals surface area contributed by atoms with E-state index in [1.54, 1.807) is 36.4 Å². The summed E-state index contributed by atoms with van der Waals surface area (Å²) < 4.78 is 27.0. The van der Waals surface area contributed by atoms with Gasteiger partial charge in [0.2, 0.25) is 0 Å². The average molecular weight is 327 g/mol. The van der Waals surface area contributed by atoms with Crippen LogP contribution >= 0.6 is 12.4 Å². The van der Waals surface area contributed by atoms with Crippen LogP contribution in [0.15, 0.2) is 59.5 Å². The minimum Gasteiger partial charge on any atom is -0.319 e. The van der Waals surface area contributed by atoms with E-state index in [1.165, 1.54) is 0 Å². The predicted octanol–water partition coefficient (Wildman–Crippen LogP) is 2.67. The van der Waals surface area contributed by atoms with Crippen LogP contribution in [0.5, 0.6) is 0 Å². The van der Waals surface area contributed by atoms with Gasteiger partial charge in [-0.1, -0.05) is 30.3 Å². The van der Waals surface area contributed by atoms with Gasteiger partial charge >= 0.3 is 0 Å². The minimum absolute atomic E-state index is 0. The van der Waals surface area contributed by atoms with E-state index in [-0.39, 0.29) is 17.3 Å². The molecule has 0 bridgehead atoms. The summed E-state index contributed by atoms with van der Waals surface area (Å²) in [5, 5.41) is 3.07. The molecule has 21 heavy (non-hydrogen) atoms. The number of hydrogen-bond acceptors (Lipinski definition) is 3. The van der Waals surface area contributed by atoms with Crippen LogP contribution in [0, 0.1) is 0 Å². The second-order valence-corrected chi connectivity index (χ2v) is 6.15. The van der Waals surface area contributed by atoms with Gasteiger partial charge in [-0.2, -0.15) is 0 Å². The van der Waals surface area contributed by atoms with E-state index in [1.807, 2.05) is 25.2 Å². The maximum absolute atomic E-state index is 12.2. The van der Waals surface area contributed by atoms with Crippen molar-refractivity contribution in [3.05, 3.63) is 60.2 Å².